The van der Waals surface area contributed by atoms with Gasteiger partial charge >= 0.3 is 0 Å². The molecule has 0 aromatic carbocycles. The number of nitrogens with zero attached hydrogens (tertiary/aromatic N) is 2. The topological polar surface area (TPSA) is 38.9 Å². The van der Waals surface area contributed by atoms with Crippen molar-refractivity contribution in [2.24, 2.45) is 11.3 Å². The van der Waals surface area contributed by atoms with Gasteiger partial charge in [0.05, 0.1) is 5.41 Å². The van der Waals surface area contributed by atoms with Crippen LogP contribution >= 0.6 is 0 Å². The summed E-state index contributed by atoms with van der Waals surface area (Å²) in [6.45, 7) is 6.50. The predicted octanol–water partition coefficient (Wildman–Crippen LogP) is 2.46. The van der Waals surface area contributed by atoms with Crippen molar-refractivity contribution in [2.75, 3.05) is 0 Å². The first kappa shape index (κ1) is 8.45. The highest BCUT2D eigenvalue weighted by Gasteiger charge is 2.71. The molecule has 76 valence electrons. The third kappa shape index (κ3) is 0.787. The summed E-state index contributed by atoms with van der Waals surface area (Å²) in [5.41, 5.74) is 0.897. The molecule has 3 heteroatoms. The molecule has 0 spiro atoms. The molecular formula is C11H16N2O. The fraction of sp³-hybridized carbons (Fsp3) is 0.818. The van der Waals surface area contributed by atoms with E-state index in [1.807, 2.05) is 6.92 Å². The van der Waals surface area contributed by atoms with Crippen molar-refractivity contribution in [3.63, 3.8) is 0 Å². The molecule has 14 heavy (non-hydrogen) atoms. The van der Waals surface area contributed by atoms with E-state index in [4.69, 9.17) is 4.42 Å². The van der Waals surface area contributed by atoms with E-state index in [1.54, 1.807) is 0 Å². The van der Waals surface area contributed by atoms with Gasteiger partial charge in [-0.25, -0.2) is 0 Å². The highest BCUT2D eigenvalue weighted by molar-refractivity contribution is 5.29. The van der Waals surface area contributed by atoms with Gasteiger partial charge in [-0.05, 0) is 30.6 Å². The highest BCUT2D eigenvalue weighted by Crippen LogP contribution is 2.75. The van der Waals surface area contributed by atoms with Crippen LogP contribution in [-0.2, 0) is 5.41 Å². The summed E-state index contributed by atoms with van der Waals surface area (Å²) in [7, 11) is 0. The first-order valence-electron chi connectivity index (χ1n) is 5.37. The Labute approximate surface area is 83.9 Å². The number of hydrogen-bond donors (Lipinski definition) is 0. The van der Waals surface area contributed by atoms with E-state index < -0.39 is 0 Å². The largest absolute Gasteiger partial charge is 0.425 e. The van der Waals surface area contributed by atoms with Gasteiger partial charge in [-0.15, -0.1) is 10.2 Å². The van der Waals surface area contributed by atoms with E-state index in [0.29, 0.717) is 11.3 Å². The Morgan fingerprint density at radius 3 is 2.29 bits per heavy atom. The van der Waals surface area contributed by atoms with Crippen LogP contribution in [0.4, 0.5) is 0 Å². The van der Waals surface area contributed by atoms with Crippen LogP contribution in [0, 0.1) is 18.3 Å². The van der Waals surface area contributed by atoms with Crippen LogP contribution in [0.15, 0.2) is 4.42 Å². The normalized spacial score (nSPS) is 39.4. The SMILES string of the molecule is Cc1nnc(C23CC(C(C)C)(C2)C3)o1. The number of aromatic nitrogens is 2. The molecule has 0 atom stereocenters. The molecule has 0 radical (unpaired) electrons. The zero-order valence-electron chi connectivity index (χ0n) is 9.00. The molecule has 4 rings (SSSR count). The molecule has 1 aromatic heterocycles. The Hall–Kier alpha value is -0.860. The smallest absolute Gasteiger partial charge is 0.222 e. The fourth-order valence-electron chi connectivity index (χ4n) is 3.22. The van der Waals surface area contributed by atoms with Gasteiger partial charge in [0, 0.05) is 6.92 Å². The lowest BCUT2D eigenvalue weighted by Gasteiger charge is -2.71. The van der Waals surface area contributed by atoms with Crippen molar-refractivity contribution in [3.05, 3.63) is 11.8 Å². The number of rotatable bonds is 2. The van der Waals surface area contributed by atoms with Gasteiger partial charge < -0.3 is 4.42 Å². The third-order valence-electron chi connectivity index (χ3n) is 4.28. The van der Waals surface area contributed by atoms with Crippen LogP contribution in [0.3, 0.4) is 0 Å². The van der Waals surface area contributed by atoms with Crippen LogP contribution in [0.25, 0.3) is 0 Å². The van der Waals surface area contributed by atoms with Crippen LogP contribution in [0.2, 0.25) is 0 Å². The van der Waals surface area contributed by atoms with Gasteiger partial charge in [0.2, 0.25) is 11.8 Å². The molecule has 2 bridgehead atoms. The van der Waals surface area contributed by atoms with Crippen LogP contribution in [0.1, 0.15) is 44.9 Å². The lowest BCUT2D eigenvalue weighted by Crippen LogP contribution is -2.66. The van der Waals surface area contributed by atoms with E-state index in [9.17, 15) is 0 Å². The summed E-state index contributed by atoms with van der Waals surface area (Å²) < 4.78 is 5.53. The Balaban J connectivity index is 1.81. The summed E-state index contributed by atoms with van der Waals surface area (Å²) in [6, 6.07) is 0. The molecule has 3 fully saturated rings. The predicted molar refractivity (Wildman–Crippen MR) is 51.8 cm³/mol. The fourth-order valence-corrected chi connectivity index (χ4v) is 3.22. The summed E-state index contributed by atoms with van der Waals surface area (Å²) in [4.78, 5) is 0. The molecule has 0 amide bonds. The highest BCUT2D eigenvalue weighted by atomic mass is 16.4. The number of hydrogen-bond acceptors (Lipinski definition) is 3. The van der Waals surface area contributed by atoms with Gasteiger partial charge in [0.25, 0.3) is 0 Å². The second-order valence-electron chi connectivity index (χ2n) is 5.45. The van der Waals surface area contributed by atoms with E-state index in [0.717, 1.165) is 11.8 Å². The standard InChI is InChI=1S/C11H16N2O/c1-7(2)10-4-11(5-10,6-10)9-13-12-8(3)14-9/h7H,4-6H2,1-3H3. The Morgan fingerprint density at radius 2 is 1.86 bits per heavy atom. The minimum Gasteiger partial charge on any atom is -0.425 e. The molecule has 3 aliphatic rings. The van der Waals surface area contributed by atoms with Crippen molar-refractivity contribution in [1.82, 2.24) is 10.2 Å². The lowest BCUT2D eigenvalue weighted by atomic mass is 9.32. The van der Waals surface area contributed by atoms with E-state index in [2.05, 4.69) is 24.0 Å². The summed E-state index contributed by atoms with van der Waals surface area (Å²) >= 11 is 0. The Bertz CT molecular complexity index is 361. The molecule has 1 aromatic rings. The van der Waals surface area contributed by atoms with Gasteiger partial charge in [-0.3, -0.25) is 0 Å². The van der Waals surface area contributed by atoms with Gasteiger partial charge in [-0.1, -0.05) is 13.8 Å². The van der Waals surface area contributed by atoms with Gasteiger partial charge in [0.15, 0.2) is 0 Å². The minimum atomic E-state index is 0.283. The summed E-state index contributed by atoms with van der Waals surface area (Å²) in [5, 5.41) is 8.06. The second-order valence-corrected chi connectivity index (χ2v) is 5.45. The third-order valence-corrected chi connectivity index (χ3v) is 4.28. The zero-order chi connectivity index (χ0) is 9.97. The quantitative estimate of drug-likeness (QED) is 0.722. The molecule has 0 aliphatic heterocycles. The molecule has 1 heterocycles. The van der Waals surface area contributed by atoms with Crippen molar-refractivity contribution in [1.29, 1.82) is 0 Å². The van der Waals surface area contributed by atoms with Gasteiger partial charge in [-0.2, -0.15) is 0 Å². The van der Waals surface area contributed by atoms with Crippen molar-refractivity contribution in [3.8, 4) is 0 Å². The van der Waals surface area contributed by atoms with Crippen LogP contribution in [0.5, 0.6) is 0 Å². The number of aryl methyl sites for hydroxylation is 1. The Morgan fingerprint density at radius 1 is 1.21 bits per heavy atom. The molecule has 0 unspecified atom stereocenters. The van der Waals surface area contributed by atoms with Crippen molar-refractivity contribution >= 4 is 0 Å². The summed E-state index contributed by atoms with van der Waals surface area (Å²) in [6.07, 6.45) is 3.79. The van der Waals surface area contributed by atoms with Gasteiger partial charge in [0.1, 0.15) is 0 Å². The first-order valence-corrected chi connectivity index (χ1v) is 5.37. The molecular weight excluding hydrogens is 176 g/mol. The Kier molecular flexibility index (Phi) is 1.33. The van der Waals surface area contributed by atoms with E-state index in [1.165, 1.54) is 19.3 Å². The maximum atomic E-state index is 5.53. The first-order chi connectivity index (χ1) is 6.56. The molecule has 3 aliphatic carbocycles. The van der Waals surface area contributed by atoms with Crippen LogP contribution < -0.4 is 0 Å². The molecule has 3 nitrogen and oxygen atoms in total. The molecule has 0 saturated heterocycles. The van der Waals surface area contributed by atoms with Crippen molar-refractivity contribution < 1.29 is 4.42 Å². The lowest BCUT2D eigenvalue weighted by molar-refractivity contribution is -0.184. The van der Waals surface area contributed by atoms with Crippen molar-refractivity contribution in [2.45, 2.75) is 45.4 Å². The molecule has 0 N–H and O–H groups in total. The van der Waals surface area contributed by atoms with E-state index in [-0.39, 0.29) is 5.41 Å². The summed E-state index contributed by atoms with van der Waals surface area (Å²) in [5.74, 6) is 2.38. The minimum absolute atomic E-state index is 0.283. The maximum absolute atomic E-state index is 5.53. The van der Waals surface area contributed by atoms with Crippen LogP contribution in [-0.4, -0.2) is 10.2 Å². The van der Waals surface area contributed by atoms with E-state index >= 15 is 0 Å². The second kappa shape index (κ2) is 2.20. The zero-order valence-corrected chi connectivity index (χ0v) is 9.00. The molecule has 3 saturated carbocycles. The average Bonchev–Trinajstić information content (AvgIpc) is 2.28. The maximum Gasteiger partial charge on any atom is 0.222 e. The monoisotopic (exact) mass is 192 g/mol. The average molecular weight is 192 g/mol.